The molecule has 0 aliphatic heterocycles. The molecule has 1 amide bonds. The van der Waals surface area contributed by atoms with Crippen LogP contribution in [0.1, 0.15) is 12.8 Å². The average molecular weight is 475 g/mol. The molecular formula is C18H20F3N5O5S. The highest BCUT2D eigenvalue weighted by Gasteiger charge is 2.28. The first kappa shape index (κ1) is 24.9. The second kappa shape index (κ2) is 10.8. The molecule has 0 bridgehead atoms. The Morgan fingerprint density at radius 3 is 2.31 bits per heavy atom. The summed E-state index contributed by atoms with van der Waals surface area (Å²) in [6, 6.07) is 4.22. The Balaban J connectivity index is 2.25. The van der Waals surface area contributed by atoms with E-state index in [1.54, 1.807) is 0 Å². The van der Waals surface area contributed by atoms with Crippen LogP contribution in [-0.4, -0.2) is 38.1 Å². The number of para-hydroxylation sites is 1. The van der Waals surface area contributed by atoms with E-state index in [1.165, 1.54) is 17.6 Å². The van der Waals surface area contributed by atoms with Gasteiger partial charge in [-0.3, -0.25) is 15.0 Å². The minimum absolute atomic E-state index is 0.0601. The van der Waals surface area contributed by atoms with Gasteiger partial charge in [0.25, 0.3) is 5.91 Å². The molecule has 0 radical (unpaired) electrons. The first-order valence-corrected chi connectivity index (χ1v) is 10.5. The van der Waals surface area contributed by atoms with E-state index in [1.807, 2.05) is 4.72 Å². The summed E-state index contributed by atoms with van der Waals surface area (Å²) in [5.41, 5.74) is 11.6. The quantitative estimate of drug-likeness (QED) is 0.113. The fourth-order valence-corrected chi connectivity index (χ4v) is 3.76. The number of amides is 1. The van der Waals surface area contributed by atoms with Gasteiger partial charge in [-0.15, -0.1) is 0 Å². The molecule has 2 rings (SSSR count). The number of nitrogens with one attached hydrogen (secondary N) is 2. The van der Waals surface area contributed by atoms with E-state index in [0.717, 1.165) is 12.1 Å². The van der Waals surface area contributed by atoms with Gasteiger partial charge in [-0.2, -0.15) is 4.72 Å². The van der Waals surface area contributed by atoms with Crippen molar-refractivity contribution in [1.82, 2.24) is 10.2 Å². The van der Waals surface area contributed by atoms with E-state index in [4.69, 9.17) is 21.4 Å². The number of hydroxylamine groups is 1. The fraction of sp³-hybridized carbons (Fsp3) is 0.222. The lowest BCUT2D eigenvalue weighted by Crippen LogP contribution is -2.45. The van der Waals surface area contributed by atoms with E-state index in [2.05, 4.69) is 4.99 Å². The smallest absolute Gasteiger partial charge is 0.261 e. The number of sulfonamides is 1. The number of ether oxygens (including phenoxy) is 1. The van der Waals surface area contributed by atoms with Crippen molar-refractivity contribution < 1.29 is 36.3 Å². The second-order valence-electron chi connectivity index (χ2n) is 6.35. The lowest BCUT2D eigenvalue weighted by atomic mass is 10.1. The van der Waals surface area contributed by atoms with Gasteiger partial charge in [0.1, 0.15) is 6.04 Å². The van der Waals surface area contributed by atoms with Gasteiger partial charge >= 0.3 is 0 Å². The van der Waals surface area contributed by atoms with Crippen LogP contribution in [0.2, 0.25) is 0 Å². The lowest BCUT2D eigenvalue weighted by molar-refractivity contribution is -0.131. The van der Waals surface area contributed by atoms with Gasteiger partial charge in [-0.05, 0) is 37.1 Å². The normalized spacial score (nSPS) is 12.1. The van der Waals surface area contributed by atoms with Crippen molar-refractivity contribution in [3.63, 3.8) is 0 Å². The molecule has 174 valence electrons. The Morgan fingerprint density at radius 1 is 1.12 bits per heavy atom. The SMILES string of the molecule is NC(N)=NCCC[C@@H](NS(=O)(=O)c1cc(F)c(Oc2ccccc2F)c(F)c1)C(=O)NO. The zero-order chi connectivity index (χ0) is 23.9. The molecule has 0 spiro atoms. The number of carbonyl (C=O) groups excluding carboxylic acids is 1. The molecule has 0 saturated heterocycles. The van der Waals surface area contributed by atoms with Gasteiger partial charge in [0.05, 0.1) is 4.90 Å². The van der Waals surface area contributed by atoms with Gasteiger partial charge in [-0.25, -0.2) is 27.1 Å². The molecule has 2 aromatic rings. The molecule has 14 heteroatoms. The fourth-order valence-electron chi connectivity index (χ4n) is 2.51. The second-order valence-corrected chi connectivity index (χ2v) is 8.06. The number of halogens is 3. The van der Waals surface area contributed by atoms with Crippen molar-refractivity contribution in [3.05, 3.63) is 53.8 Å². The van der Waals surface area contributed by atoms with Crippen LogP contribution in [0, 0.1) is 17.5 Å². The molecule has 0 fully saturated rings. The third-order valence-electron chi connectivity index (χ3n) is 4.00. The maximum absolute atomic E-state index is 14.4. The predicted octanol–water partition coefficient (Wildman–Crippen LogP) is 1.10. The van der Waals surface area contributed by atoms with Gasteiger partial charge in [0, 0.05) is 6.54 Å². The Hall–Kier alpha value is -3.36. The summed E-state index contributed by atoms with van der Waals surface area (Å²) in [6.07, 6.45) is -0.0154. The van der Waals surface area contributed by atoms with Crippen LogP contribution in [0.3, 0.4) is 0 Å². The van der Waals surface area contributed by atoms with E-state index < -0.39 is 55.8 Å². The summed E-state index contributed by atoms with van der Waals surface area (Å²) >= 11 is 0. The Labute approximate surface area is 181 Å². The molecule has 0 saturated carbocycles. The van der Waals surface area contributed by atoms with Crippen LogP contribution in [-0.2, 0) is 14.8 Å². The number of rotatable bonds is 10. The predicted molar refractivity (Wildman–Crippen MR) is 107 cm³/mol. The topological polar surface area (TPSA) is 169 Å². The molecule has 0 heterocycles. The first-order chi connectivity index (χ1) is 15.0. The number of carbonyl (C=O) groups is 1. The van der Waals surface area contributed by atoms with Crippen LogP contribution >= 0.6 is 0 Å². The number of guanidine groups is 1. The zero-order valence-corrected chi connectivity index (χ0v) is 17.2. The van der Waals surface area contributed by atoms with Crippen LogP contribution in [0.5, 0.6) is 11.5 Å². The highest BCUT2D eigenvalue weighted by Crippen LogP contribution is 2.31. The summed E-state index contributed by atoms with van der Waals surface area (Å²) in [5.74, 6) is -6.55. The summed E-state index contributed by atoms with van der Waals surface area (Å²) in [4.78, 5) is 14.6. The van der Waals surface area contributed by atoms with Crippen molar-refractivity contribution in [2.45, 2.75) is 23.8 Å². The molecular weight excluding hydrogens is 455 g/mol. The summed E-state index contributed by atoms with van der Waals surface area (Å²) in [6.45, 7) is 0.0601. The van der Waals surface area contributed by atoms with Crippen molar-refractivity contribution in [2.24, 2.45) is 16.5 Å². The van der Waals surface area contributed by atoms with Gasteiger partial charge in [0.2, 0.25) is 10.0 Å². The molecule has 32 heavy (non-hydrogen) atoms. The molecule has 1 atom stereocenters. The summed E-state index contributed by atoms with van der Waals surface area (Å²) in [5, 5.41) is 8.84. The molecule has 10 nitrogen and oxygen atoms in total. The minimum Gasteiger partial charge on any atom is -0.448 e. The van der Waals surface area contributed by atoms with E-state index >= 15 is 0 Å². The highest BCUT2D eigenvalue weighted by molar-refractivity contribution is 7.89. The third-order valence-corrected chi connectivity index (χ3v) is 5.45. The number of nitrogens with two attached hydrogens (primary N) is 2. The molecule has 2 aromatic carbocycles. The third kappa shape index (κ3) is 6.57. The van der Waals surface area contributed by atoms with Crippen molar-refractivity contribution in [3.8, 4) is 11.5 Å². The van der Waals surface area contributed by atoms with Gasteiger partial charge in [-0.1, -0.05) is 12.1 Å². The number of nitrogens with zero attached hydrogens (tertiary/aromatic N) is 1. The molecule has 0 aliphatic carbocycles. The van der Waals surface area contributed by atoms with E-state index in [0.29, 0.717) is 12.1 Å². The van der Waals surface area contributed by atoms with Crippen LogP contribution < -0.4 is 26.4 Å². The maximum atomic E-state index is 14.4. The standard InChI is InChI=1S/C18H20F3N5O5S/c19-11-4-1-2-6-15(11)31-16-12(20)8-10(9-13(16)21)32(29,30)26-14(17(27)25-28)5-3-7-24-18(22)23/h1-2,4,6,8-9,14,26,28H,3,5,7H2,(H,25,27)(H4,22,23,24)/t14-/m1/s1. The van der Waals surface area contributed by atoms with E-state index in [9.17, 15) is 26.4 Å². The molecule has 0 aromatic heterocycles. The number of hydrogen-bond donors (Lipinski definition) is 5. The minimum atomic E-state index is -4.63. The van der Waals surface area contributed by atoms with Crippen molar-refractivity contribution in [1.29, 1.82) is 0 Å². The highest BCUT2D eigenvalue weighted by atomic mass is 32.2. The summed E-state index contributed by atoms with van der Waals surface area (Å²) in [7, 11) is -4.63. The van der Waals surface area contributed by atoms with Crippen LogP contribution in [0.25, 0.3) is 0 Å². The largest absolute Gasteiger partial charge is 0.448 e. The lowest BCUT2D eigenvalue weighted by Gasteiger charge is -2.17. The van der Waals surface area contributed by atoms with Gasteiger partial charge < -0.3 is 16.2 Å². The van der Waals surface area contributed by atoms with Crippen molar-refractivity contribution in [2.75, 3.05) is 6.54 Å². The van der Waals surface area contributed by atoms with Crippen LogP contribution in [0.4, 0.5) is 13.2 Å². The van der Waals surface area contributed by atoms with Crippen molar-refractivity contribution >= 4 is 21.9 Å². The zero-order valence-electron chi connectivity index (χ0n) is 16.4. The Kier molecular flexibility index (Phi) is 8.40. The average Bonchev–Trinajstić information content (AvgIpc) is 2.73. The number of benzene rings is 2. The number of hydrogen-bond acceptors (Lipinski definition) is 6. The molecule has 0 unspecified atom stereocenters. The first-order valence-electron chi connectivity index (χ1n) is 8.98. The van der Waals surface area contributed by atoms with Gasteiger partial charge in [0.15, 0.2) is 34.9 Å². The molecule has 7 N–H and O–H groups in total. The Bertz CT molecular complexity index is 1090. The number of aliphatic imine (C=N–C) groups is 1. The molecule has 0 aliphatic rings. The monoisotopic (exact) mass is 475 g/mol. The van der Waals surface area contributed by atoms with E-state index in [-0.39, 0.29) is 25.3 Å². The van der Waals surface area contributed by atoms with Crippen LogP contribution in [0.15, 0.2) is 46.3 Å². The summed E-state index contributed by atoms with van der Waals surface area (Å²) < 4.78 is 74.4. The Morgan fingerprint density at radius 2 is 1.75 bits per heavy atom. The maximum Gasteiger partial charge on any atom is 0.261 e.